The van der Waals surface area contributed by atoms with Crippen LogP contribution in [0.1, 0.15) is 5.56 Å². The Hall–Kier alpha value is -1.67. The molecule has 0 radical (unpaired) electrons. The SMILES string of the molecule is CN(Cc1cnn(-c2ccccc2)c1)S(=O)(=O)c1ccc(Cl)s1. The van der Waals surface area contributed by atoms with Crippen molar-refractivity contribution in [2.24, 2.45) is 0 Å². The highest BCUT2D eigenvalue weighted by atomic mass is 35.5. The molecule has 3 rings (SSSR count). The fourth-order valence-corrected chi connectivity index (χ4v) is 4.95. The molecule has 0 bridgehead atoms. The van der Waals surface area contributed by atoms with Crippen LogP contribution in [-0.4, -0.2) is 29.6 Å². The minimum Gasteiger partial charge on any atom is -0.241 e. The van der Waals surface area contributed by atoms with Crippen molar-refractivity contribution < 1.29 is 8.42 Å². The van der Waals surface area contributed by atoms with Crippen LogP contribution in [0, 0.1) is 0 Å². The normalized spacial score (nSPS) is 12.0. The number of thiophene rings is 1. The number of para-hydroxylation sites is 1. The molecule has 5 nitrogen and oxygen atoms in total. The summed E-state index contributed by atoms with van der Waals surface area (Å²) in [4.78, 5) is 0. The molecule has 3 aromatic rings. The van der Waals surface area contributed by atoms with Gasteiger partial charge in [-0.2, -0.15) is 9.40 Å². The largest absolute Gasteiger partial charge is 0.252 e. The lowest BCUT2D eigenvalue weighted by atomic mass is 10.3. The highest BCUT2D eigenvalue weighted by Gasteiger charge is 2.23. The fourth-order valence-electron chi connectivity index (χ4n) is 2.10. The second kappa shape index (κ2) is 6.45. The van der Waals surface area contributed by atoms with Crippen molar-refractivity contribution in [1.29, 1.82) is 0 Å². The van der Waals surface area contributed by atoms with Crippen molar-refractivity contribution in [3.05, 3.63) is 64.8 Å². The average molecular weight is 368 g/mol. The second-order valence-electron chi connectivity index (χ2n) is 4.95. The summed E-state index contributed by atoms with van der Waals surface area (Å²) in [6.07, 6.45) is 3.49. The molecule has 0 saturated heterocycles. The molecule has 120 valence electrons. The summed E-state index contributed by atoms with van der Waals surface area (Å²) in [5, 5.41) is 4.28. The monoisotopic (exact) mass is 367 g/mol. The third-order valence-corrected chi connectivity index (χ3v) is 6.78. The van der Waals surface area contributed by atoms with E-state index in [0.29, 0.717) is 4.34 Å². The van der Waals surface area contributed by atoms with E-state index in [9.17, 15) is 8.42 Å². The topological polar surface area (TPSA) is 55.2 Å². The zero-order valence-electron chi connectivity index (χ0n) is 12.3. The summed E-state index contributed by atoms with van der Waals surface area (Å²) < 4.78 is 28.7. The number of benzene rings is 1. The number of hydrogen-bond donors (Lipinski definition) is 0. The van der Waals surface area contributed by atoms with Gasteiger partial charge >= 0.3 is 0 Å². The standard InChI is InChI=1S/C15H14ClN3O2S2/c1-18(23(20,21)15-8-7-14(16)22-15)10-12-9-17-19(11-12)13-5-3-2-4-6-13/h2-9,11H,10H2,1H3. The summed E-state index contributed by atoms with van der Waals surface area (Å²) in [7, 11) is -2.00. The molecule has 0 aliphatic carbocycles. The zero-order chi connectivity index (χ0) is 16.4. The van der Waals surface area contributed by atoms with Crippen LogP contribution in [0.15, 0.2) is 59.1 Å². The molecule has 0 unspecified atom stereocenters. The lowest BCUT2D eigenvalue weighted by Gasteiger charge is -2.14. The highest BCUT2D eigenvalue weighted by Crippen LogP contribution is 2.28. The smallest absolute Gasteiger partial charge is 0.241 e. The second-order valence-corrected chi connectivity index (χ2v) is 8.94. The fraction of sp³-hybridized carbons (Fsp3) is 0.133. The third-order valence-electron chi connectivity index (χ3n) is 3.28. The number of hydrogen-bond acceptors (Lipinski definition) is 4. The van der Waals surface area contributed by atoms with Crippen molar-refractivity contribution in [2.45, 2.75) is 10.8 Å². The van der Waals surface area contributed by atoms with Gasteiger partial charge in [0.15, 0.2) is 0 Å². The Morgan fingerprint density at radius 3 is 2.61 bits per heavy atom. The van der Waals surface area contributed by atoms with Crippen molar-refractivity contribution in [2.75, 3.05) is 7.05 Å². The van der Waals surface area contributed by atoms with Gasteiger partial charge in [0.1, 0.15) is 4.21 Å². The van der Waals surface area contributed by atoms with E-state index in [1.165, 1.54) is 10.4 Å². The van der Waals surface area contributed by atoms with Gasteiger partial charge in [0.2, 0.25) is 0 Å². The quantitative estimate of drug-likeness (QED) is 0.694. The Morgan fingerprint density at radius 2 is 1.96 bits per heavy atom. The van der Waals surface area contributed by atoms with E-state index >= 15 is 0 Å². The van der Waals surface area contributed by atoms with Crippen molar-refractivity contribution in [1.82, 2.24) is 14.1 Å². The van der Waals surface area contributed by atoms with Gasteiger partial charge in [0, 0.05) is 25.4 Å². The molecule has 1 aromatic carbocycles. The molecule has 2 heterocycles. The summed E-state index contributed by atoms with van der Waals surface area (Å²) >= 11 is 6.88. The molecule has 0 aliphatic rings. The lowest BCUT2D eigenvalue weighted by molar-refractivity contribution is 0.468. The van der Waals surface area contributed by atoms with Gasteiger partial charge in [-0.25, -0.2) is 13.1 Å². The van der Waals surface area contributed by atoms with E-state index in [1.807, 2.05) is 36.5 Å². The Labute approximate surface area is 143 Å². The van der Waals surface area contributed by atoms with Crippen LogP contribution in [0.2, 0.25) is 4.34 Å². The predicted molar refractivity (Wildman–Crippen MR) is 91.5 cm³/mol. The summed E-state index contributed by atoms with van der Waals surface area (Å²) in [5.41, 5.74) is 1.73. The number of nitrogens with zero attached hydrogens (tertiary/aromatic N) is 3. The molecular weight excluding hydrogens is 354 g/mol. The third kappa shape index (κ3) is 3.48. The van der Waals surface area contributed by atoms with E-state index in [2.05, 4.69) is 5.10 Å². The van der Waals surface area contributed by atoms with Gasteiger partial charge in [-0.1, -0.05) is 29.8 Å². The Morgan fingerprint density at radius 1 is 1.22 bits per heavy atom. The first kappa shape index (κ1) is 16.2. The van der Waals surface area contributed by atoms with E-state index in [0.717, 1.165) is 22.6 Å². The van der Waals surface area contributed by atoms with Gasteiger partial charge in [-0.15, -0.1) is 11.3 Å². The number of rotatable bonds is 5. The first-order valence-electron chi connectivity index (χ1n) is 6.77. The maximum atomic E-state index is 12.5. The van der Waals surface area contributed by atoms with Crippen LogP contribution in [0.3, 0.4) is 0 Å². The Bertz CT molecular complexity index is 904. The molecule has 0 amide bonds. The molecule has 0 spiro atoms. The average Bonchev–Trinajstić information content (AvgIpc) is 3.17. The van der Waals surface area contributed by atoms with Crippen molar-refractivity contribution >= 4 is 33.0 Å². The number of halogens is 1. The Kier molecular flexibility index (Phi) is 4.54. The predicted octanol–water partition coefficient (Wildman–Crippen LogP) is 3.41. The van der Waals surface area contributed by atoms with Crippen LogP contribution < -0.4 is 0 Å². The molecule has 0 atom stereocenters. The first-order valence-corrected chi connectivity index (χ1v) is 9.41. The Balaban J connectivity index is 1.78. The van der Waals surface area contributed by atoms with Gasteiger partial charge < -0.3 is 0 Å². The number of sulfonamides is 1. The molecule has 8 heteroatoms. The van der Waals surface area contributed by atoms with Crippen molar-refractivity contribution in [3.63, 3.8) is 0 Å². The summed E-state index contributed by atoms with van der Waals surface area (Å²) in [5.74, 6) is 0. The minimum absolute atomic E-state index is 0.237. The van der Waals surface area contributed by atoms with Gasteiger partial charge in [0.05, 0.1) is 16.2 Å². The van der Waals surface area contributed by atoms with Crippen LogP contribution in [0.4, 0.5) is 0 Å². The molecular formula is C15H14ClN3O2S2. The van der Waals surface area contributed by atoms with E-state index in [4.69, 9.17) is 11.6 Å². The summed E-state index contributed by atoms with van der Waals surface area (Å²) in [6, 6.07) is 12.8. The molecule has 0 N–H and O–H groups in total. The zero-order valence-corrected chi connectivity index (χ0v) is 14.6. The van der Waals surface area contributed by atoms with Gasteiger partial charge in [0.25, 0.3) is 10.0 Å². The number of aromatic nitrogens is 2. The molecule has 0 aliphatic heterocycles. The van der Waals surface area contributed by atoms with Crippen molar-refractivity contribution in [3.8, 4) is 5.69 Å². The van der Waals surface area contributed by atoms with Gasteiger partial charge in [-0.3, -0.25) is 0 Å². The molecule has 2 aromatic heterocycles. The maximum absolute atomic E-state index is 12.5. The van der Waals surface area contributed by atoms with E-state index in [-0.39, 0.29) is 10.8 Å². The van der Waals surface area contributed by atoms with Crippen LogP contribution >= 0.6 is 22.9 Å². The highest BCUT2D eigenvalue weighted by molar-refractivity contribution is 7.91. The maximum Gasteiger partial charge on any atom is 0.252 e. The molecule has 23 heavy (non-hydrogen) atoms. The van der Waals surface area contributed by atoms with Crippen LogP contribution in [0.5, 0.6) is 0 Å². The lowest BCUT2D eigenvalue weighted by Crippen LogP contribution is -2.25. The van der Waals surface area contributed by atoms with Crippen LogP contribution in [0.25, 0.3) is 5.69 Å². The summed E-state index contributed by atoms with van der Waals surface area (Å²) in [6.45, 7) is 0.241. The first-order chi connectivity index (χ1) is 11.0. The van der Waals surface area contributed by atoms with Gasteiger partial charge in [-0.05, 0) is 24.3 Å². The molecule has 0 saturated carbocycles. The minimum atomic E-state index is -3.54. The van der Waals surface area contributed by atoms with Crippen LogP contribution in [-0.2, 0) is 16.6 Å². The van der Waals surface area contributed by atoms with E-state index < -0.39 is 10.0 Å². The molecule has 0 fully saturated rings. The van der Waals surface area contributed by atoms with E-state index in [1.54, 1.807) is 24.0 Å².